The van der Waals surface area contributed by atoms with Crippen molar-refractivity contribution >= 4 is 0 Å². The van der Waals surface area contributed by atoms with Gasteiger partial charge in [0.2, 0.25) is 5.89 Å². The molecule has 0 saturated carbocycles. The normalized spacial score (nSPS) is 10.8. The monoisotopic (exact) mass is 225 g/mol. The van der Waals surface area contributed by atoms with Gasteiger partial charge in [0.25, 0.3) is 5.89 Å². The van der Waals surface area contributed by atoms with Crippen molar-refractivity contribution in [2.45, 2.75) is 13.5 Å². The van der Waals surface area contributed by atoms with E-state index >= 15 is 0 Å². The molecule has 6 heteroatoms. The first-order valence-corrected chi connectivity index (χ1v) is 4.61. The van der Waals surface area contributed by atoms with Crippen molar-refractivity contribution in [3.63, 3.8) is 0 Å². The van der Waals surface area contributed by atoms with E-state index < -0.39 is 11.6 Å². The van der Waals surface area contributed by atoms with E-state index in [1.807, 2.05) is 0 Å². The van der Waals surface area contributed by atoms with Crippen LogP contribution in [0.25, 0.3) is 11.5 Å². The topological polar surface area (TPSA) is 64.9 Å². The molecule has 0 bridgehead atoms. The van der Waals surface area contributed by atoms with Crippen LogP contribution in [0.15, 0.2) is 16.5 Å². The second-order valence-corrected chi connectivity index (χ2v) is 3.26. The molecule has 0 unspecified atom stereocenters. The molecule has 16 heavy (non-hydrogen) atoms. The average molecular weight is 225 g/mol. The SMILES string of the molecule is Cc1ccc(F)c(-c2nnc(CN)o2)c1F. The first-order chi connectivity index (χ1) is 7.63. The van der Waals surface area contributed by atoms with E-state index in [1.165, 1.54) is 13.0 Å². The van der Waals surface area contributed by atoms with E-state index in [1.54, 1.807) is 0 Å². The van der Waals surface area contributed by atoms with Gasteiger partial charge >= 0.3 is 0 Å². The van der Waals surface area contributed by atoms with Gasteiger partial charge in [-0.3, -0.25) is 0 Å². The van der Waals surface area contributed by atoms with Gasteiger partial charge in [0.05, 0.1) is 6.54 Å². The van der Waals surface area contributed by atoms with Crippen LogP contribution in [0.5, 0.6) is 0 Å². The molecule has 0 spiro atoms. The quantitative estimate of drug-likeness (QED) is 0.846. The zero-order valence-electron chi connectivity index (χ0n) is 8.50. The lowest BCUT2D eigenvalue weighted by molar-refractivity contribution is 0.496. The van der Waals surface area contributed by atoms with Gasteiger partial charge in [-0.1, -0.05) is 6.07 Å². The zero-order valence-corrected chi connectivity index (χ0v) is 8.50. The van der Waals surface area contributed by atoms with Crippen LogP contribution in [-0.2, 0) is 6.54 Å². The second kappa shape index (κ2) is 3.97. The van der Waals surface area contributed by atoms with Crippen molar-refractivity contribution in [1.82, 2.24) is 10.2 Å². The number of rotatable bonds is 2. The number of aryl methyl sites for hydroxylation is 1. The number of hydrogen-bond acceptors (Lipinski definition) is 4. The number of halogens is 2. The van der Waals surface area contributed by atoms with Crippen LogP contribution in [0.4, 0.5) is 8.78 Å². The molecule has 2 rings (SSSR count). The summed E-state index contributed by atoms with van der Waals surface area (Å²) in [4.78, 5) is 0. The van der Waals surface area contributed by atoms with Crippen LogP contribution in [0.3, 0.4) is 0 Å². The molecule has 1 heterocycles. The highest BCUT2D eigenvalue weighted by molar-refractivity contribution is 5.56. The van der Waals surface area contributed by atoms with E-state index in [-0.39, 0.29) is 23.9 Å². The third-order valence-corrected chi connectivity index (χ3v) is 2.14. The highest BCUT2D eigenvalue weighted by atomic mass is 19.1. The molecule has 1 aromatic carbocycles. The number of hydrogen-bond donors (Lipinski definition) is 1. The maximum atomic E-state index is 13.7. The van der Waals surface area contributed by atoms with E-state index in [4.69, 9.17) is 10.2 Å². The molecule has 4 nitrogen and oxygen atoms in total. The molecule has 0 fully saturated rings. The van der Waals surface area contributed by atoms with Crippen molar-refractivity contribution < 1.29 is 13.2 Å². The molecule has 0 amide bonds. The Morgan fingerprint density at radius 2 is 2.06 bits per heavy atom. The van der Waals surface area contributed by atoms with E-state index in [2.05, 4.69) is 10.2 Å². The smallest absolute Gasteiger partial charge is 0.253 e. The first kappa shape index (κ1) is 10.7. The predicted molar refractivity (Wildman–Crippen MR) is 52.3 cm³/mol. The maximum absolute atomic E-state index is 13.7. The number of aromatic nitrogens is 2. The Hall–Kier alpha value is -1.82. The summed E-state index contributed by atoms with van der Waals surface area (Å²) in [5.74, 6) is -1.50. The Morgan fingerprint density at radius 1 is 1.31 bits per heavy atom. The van der Waals surface area contributed by atoms with Gasteiger partial charge in [0, 0.05) is 0 Å². The van der Waals surface area contributed by atoms with Crippen LogP contribution < -0.4 is 5.73 Å². The molecular formula is C10H9F2N3O. The first-order valence-electron chi connectivity index (χ1n) is 4.61. The number of nitrogens with zero attached hydrogens (tertiary/aromatic N) is 2. The summed E-state index contributed by atoms with van der Waals surface area (Å²) < 4.78 is 32.1. The minimum atomic E-state index is -0.740. The molecule has 2 aromatic rings. The fraction of sp³-hybridized carbons (Fsp3) is 0.200. The van der Waals surface area contributed by atoms with Crippen molar-refractivity contribution in [3.8, 4) is 11.5 Å². The molecular weight excluding hydrogens is 216 g/mol. The largest absolute Gasteiger partial charge is 0.419 e. The molecule has 0 atom stereocenters. The molecule has 0 saturated heterocycles. The van der Waals surface area contributed by atoms with E-state index in [0.717, 1.165) is 6.07 Å². The second-order valence-electron chi connectivity index (χ2n) is 3.26. The highest BCUT2D eigenvalue weighted by Crippen LogP contribution is 2.26. The average Bonchev–Trinajstić information content (AvgIpc) is 2.73. The van der Waals surface area contributed by atoms with Crippen molar-refractivity contribution in [2.24, 2.45) is 5.73 Å². The van der Waals surface area contributed by atoms with Crippen LogP contribution >= 0.6 is 0 Å². The minimum absolute atomic E-state index is 0.0298. The summed E-state index contributed by atoms with van der Waals surface area (Å²) in [6, 6.07) is 2.49. The van der Waals surface area contributed by atoms with Crippen molar-refractivity contribution in [3.05, 3.63) is 35.2 Å². The summed E-state index contributed by atoms with van der Waals surface area (Å²) in [6.45, 7) is 1.56. The third-order valence-electron chi connectivity index (χ3n) is 2.14. The van der Waals surface area contributed by atoms with Crippen LogP contribution in [0.1, 0.15) is 11.5 Å². The van der Waals surface area contributed by atoms with Gasteiger partial charge < -0.3 is 10.2 Å². The van der Waals surface area contributed by atoms with Gasteiger partial charge in [-0.25, -0.2) is 8.78 Å². The molecule has 2 N–H and O–H groups in total. The fourth-order valence-electron chi connectivity index (χ4n) is 1.29. The number of benzene rings is 1. The molecule has 84 valence electrons. The van der Waals surface area contributed by atoms with Crippen LogP contribution in [0.2, 0.25) is 0 Å². The molecule has 0 aliphatic heterocycles. The molecule has 0 radical (unpaired) electrons. The molecule has 0 aliphatic rings. The van der Waals surface area contributed by atoms with Gasteiger partial charge in [-0.05, 0) is 18.6 Å². The van der Waals surface area contributed by atoms with Gasteiger partial charge in [-0.15, -0.1) is 10.2 Å². The lowest BCUT2D eigenvalue weighted by Crippen LogP contribution is -1.95. The predicted octanol–water partition coefficient (Wildman–Crippen LogP) is 1.78. The third kappa shape index (κ3) is 1.67. The highest BCUT2D eigenvalue weighted by Gasteiger charge is 2.19. The lowest BCUT2D eigenvalue weighted by atomic mass is 10.1. The summed E-state index contributed by atoms with van der Waals surface area (Å²) >= 11 is 0. The Kier molecular flexibility index (Phi) is 2.66. The fourth-order valence-corrected chi connectivity index (χ4v) is 1.29. The Labute approximate surface area is 90.1 Å². The van der Waals surface area contributed by atoms with Crippen molar-refractivity contribution in [2.75, 3.05) is 0 Å². The minimum Gasteiger partial charge on any atom is -0.419 e. The standard InChI is InChI=1S/C10H9F2N3O/c1-5-2-3-6(11)8(9(5)12)10-15-14-7(4-13)16-10/h2-3H,4,13H2,1H3. The van der Waals surface area contributed by atoms with Crippen LogP contribution in [-0.4, -0.2) is 10.2 Å². The number of nitrogens with two attached hydrogens (primary N) is 1. The van der Waals surface area contributed by atoms with Crippen molar-refractivity contribution in [1.29, 1.82) is 0 Å². The molecule has 0 aliphatic carbocycles. The summed E-state index contributed by atoms with van der Waals surface area (Å²) in [7, 11) is 0. The Morgan fingerprint density at radius 3 is 2.69 bits per heavy atom. The summed E-state index contributed by atoms with van der Waals surface area (Å²) in [5.41, 5.74) is 5.26. The van der Waals surface area contributed by atoms with Crippen LogP contribution in [0, 0.1) is 18.6 Å². The Balaban J connectivity index is 2.58. The summed E-state index contributed by atoms with van der Waals surface area (Å²) in [6.07, 6.45) is 0. The van der Waals surface area contributed by atoms with E-state index in [0.29, 0.717) is 5.56 Å². The Bertz CT molecular complexity index is 525. The summed E-state index contributed by atoms with van der Waals surface area (Å²) in [5, 5.41) is 7.09. The van der Waals surface area contributed by atoms with Gasteiger partial charge in [0.1, 0.15) is 17.2 Å². The van der Waals surface area contributed by atoms with Gasteiger partial charge in [-0.2, -0.15) is 0 Å². The van der Waals surface area contributed by atoms with E-state index in [9.17, 15) is 8.78 Å². The lowest BCUT2D eigenvalue weighted by Gasteiger charge is -2.02. The molecule has 1 aromatic heterocycles. The zero-order chi connectivity index (χ0) is 11.7. The van der Waals surface area contributed by atoms with Gasteiger partial charge in [0.15, 0.2) is 0 Å². The maximum Gasteiger partial charge on any atom is 0.253 e.